The number of hydrogen-bond donors (Lipinski definition) is 0. The molecule has 0 radical (unpaired) electrons. The average Bonchev–Trinajstić information content (AvgIpc) is 3.59. The Morgan fingerprint density at radius 3 is 1.77 bits per heavy atom. The number of carbonyl (C=O) groups is 2. The van der Waals surface area contributed by atoms with Gasteiger partial charge in [-0.15, -0.1) is 0 Å². The summed E-state index contributed by atoms with van der Waals surface area (Å²) in [5, 5.41) is 0. The molecule has 0 bridgehead atoms. The molecular weight excluding hydrogens is 399 g/mol. The average molecular weight is 422 g/mol. The third kappa shape index (κ3) is 0.212. The number of ether oxygens (including phenoxy) is 1. The normalized spacial score (nSPS) is 83.6. The van der Waals surface area contributed by atoms with Crippen LogP contribution in [0.25, 0.3) is 0 Å². The van der Waals surface area contributed by atoms with E-state index in [0.29, 0.717) is 12.2 Å². The summed E-state index contributed by atoms with van der Waals surface area (Å²) in [5.74, 6) is -0.147. The van der Waals surface area contributed by atoms with E-state index in [-0.39, 0.29) is 10.7 Å². The van der Waals surface area contributed by atoms with Gasteiger partial charge in [-0.1, -0.05) is 0 Å². The number of Topliss-reactive ketones (excluding diaryl/α,β-unsaturated/α-hetero) is 1. The van der Waals surface area contributed by atoms with Crippen molar-refractivity contribution in [2.24, 2.45) is 0 Å². The molecule has 5 atom stereocenters. The summed E-state index contributed by atoms with van der Waals surface area (Å²) in [6.07, 6.45) is 0.572. The van der Waals surface area contributed by atoms with Gasteiger partial charge in [0.2, 0.25) is 0 Å². The van der Waals surface area contributed by atoms with Gasteiger partial charge in [0.15, 0.2) is 0 Å². The fourth-order valence-electron chi connectivity index (χ4n) is 18.3. The van der Waals surface area contributed by atoms with Crippen LogP contribution in [0.3, 0.4) is 0 Å². The molecule has 1 spiro atoms. The van der Waals surface area contributed by atoms with Gasteiger partial charge in [-0.2, -0.15) is 0 Å². The molecule has 0 aromatic rings. The number of rotatable bonds is 8. The molecule has 5 unspecified atom stereocenters. The van der Waals surface area contributed by atoms with Crippen LogP contribution in [0.2, 0.25) is 47.7 Å². The van der Waals surface area contributed by atoms with Crippen LogP contribution in [0.5, 0.6) is 0 Å². The third-order valence-corrected chi connectivity index (χ3v) is 61.7. The molecule has 26 heavy (non-hydrogen) atoms. The Labute approximate surface area is 141 Å². The van der Waals surface area contributed by atoms with Crippen LogP contribution in [0, 0.1) is 0 Å². The maximum absolute atomic E-state index is 13.6. The van der Waals surface area contributed by atoms with Gasteiger partial charge in [0.25, 0.3) is 0 Å². The number of ketones is 1. The molecule has 6 nitrogen and oxygen atoms in total. The molecule has 0 saturated carbocycles. The first-order valence-electron chi connectivity index (χ1n) is 9.70. The van der Waals surface area contributed by atoms with E-state index in [1.807, 2.05) is 0 Å². The van der Waals surface area contributed by atoms with Crippen LogP contribution in [0.15, 0.2) is 0 Å². The Bertz CT molecular complexity index is 1230. The summed E-state index contributed by atoms with van der Waals surface area (Å²) in [7, 11) is 0.249. The van der Waals surface area contributed by atoms with Crippen molar-refractivity contribution < 1.29 is 34.4 Å². The molecule has 0 aromatic heterocycles. The molecule has 8 heteroatoms. The van der Waals surface area contributed by atoms with Crippen LogP contribution in [0.1, 0.15) is 12.8 Å². The standard InChI is InChI=1S/C13H18O6P.C5H5.Fe/c1-17-13(15)12(20(16,18-2)19-3)9-8-11(14)10-6-4-5-7-10;1-2-4-5-3-1;/h4-7,12H,8-9H2,1-3H3;1-5H;. The number of esters is 1. The van der Waals surface area contributed by atoms with Gasteiger partial charge >= 0.3 is 141 Å². The van der Waals surface area contributed by atoms with Crippen molar-refractivity contribution >= 4 is 19.3 Å². The second-order valence-electron chi connectivity index (χ2n) is 12.6. The van der Waals surface area contributed by atoms with E-state index >= 15 is 0 Å². The molecule has 10 aliphatic rings. The van der Waals surface area contributed by atoms with Crippen LogP contribution in [-0.2, 0) is 34.4 Å². The number of carbonyl (C=O) groups excluding carboxylic acids is 2. The number of fused-ring (bicyclic) bond motifs is 10. The summed E-state index contributed by atoms with van der Waals surface area (Å²) in [4.78, 5) is 35.4. The summed E-state index contributed by atoms with van der Waals surface area (Å²) < 4.78 is 27.9. The third-order valence-electron chi connectivity index (χ3n) is 17.1. The Kier molecular flexibility index (Phi) is 0.741. The first kappa shape index (κ1) is 13.1. The van der Waals surface area contributed by atoms with Gasteiger partial charge in [0.1, 0.15) is 0 Å². The van der Waals surface area contributed by atoms with Crippen molar-refractivity contribution in [3.63, 3.8) is 0 Å². The molecule has 10 rings (SSSR count). The van der Waals surface area contributed by atoms with E-state index in [9.17, 15) is 14.2 Å². The minimum absolute atomic E-state index is 0.184. The van der Waals surface area contributed by atoms with Gasteiger partial charge in [-0.3, -0.25) is 0 Å². The van der Waals surface area contributed by atoms with Crippen molar-refractivity contribution in [2.45, 2.75) is 66.2 Å². The first-order valence-corrected chi connectivity index (χ1v) is 17.6. The van der Waals surface area contributed by atoms with E-state index in [0.717, 1.165) is 43.3 Å². The molecule has 144 valence electrons. The van der Waals surface area contributed by atoms with Crippen molar-refractivity contribution in [1.82, 2.24) is 0 Å². The summed E-state index contributed by atoms with van der Waals surface area (Å²) in [6.45, 7) is -3.45. The van der Waals surface area contributed by atoms with Crippen molar-refractivity contribution in [1.29, 1.82) is 0 Å². The van der Waals surface area contributed by atoms with Crippen LogP contribution in [0.4, 0.5) is 0 Å². The summed E-state index contributed by atoms with van der Waals surface area (Å²) >= 11 is 0. The predicted molar refractivity (Wildman–Crippen MR) is 88.1 cm³/mol. The van der Waals surface area contributed by atoms with Crippen LogP contribution in [-0.4, -0.2) is 38.7 Å². The zero-order valence-electron chi connectivity index (χ0n) is 14.9. The molecule has 10 heterocycles. The van der Waals surface area contributed by atoms with Crippen LogP contribution < -0.4 is 0 Å². The zero-order chi connectivity index (χ0) is 17.8. The number of hydrogen-bond acceptors (Lipinski definition) is 6. The predicted octanol–water partition coefficient (Wildman–Crippen LogP) is 4.12. The summed E-state index contributed by atoms with van der Waals surface area (Å²) in [6, 6.07) is 0. The molecule has 0 aromatic carbocycles. The van der Waals surface area contributed by atoms with Crippen molar-refractivity contribution in [2.75, 3.05) is 21.3 Å². The van der Waals surface area contributed by atoms with E-state index in [1.165, 1.54) is 21.3 Å². The Morgan fingerprint density at radius 2 is 1.46 bits per heavy atom. The molecule has 10 fully saturated rings. The molecule has 10 aliphatic heterocycles. The van der Waals surface area contributed by atoms with Gasteiger partial charge in [-0.25, -0.2) is 0 Å². The summed E-state index contributed by atoms with van der Waals surface area (Å²) in [5.41, 5.74) is -1.00. The van der Waals surface area contributed by atoms with E-state index in [2.05, 4.69) is 0 Å². The minimum atomic E-state index is -3.60. The topological polar surface area (TPSA) is 78.9 Å². The van der Waals surface area contributed by atoms with E-state index in [4.69, 9.17) is 13.8 Å². The zero-order valence-corrected chi connectivity index (χ0v) is 16.9. The molecule has 0 aliphatic carbocycles. The quantitative estimate of drug-likeness (QED) is 0.333. The molecular formula is C18H23FeO6P. The second-order valence-corrected chi connectivity index (χ2v) is 38.6. The van der Waals surface area contributed by atoms with Crippen LogP contribution >= 0.6 is 7.60 Å². The van der Waals surface area contributed by atoms with Crippen molar-refractivity contribution in [3.8, 4) is 0 Å². The Hall–Kier alpha value is -0.191. The van der Waals surface area contributed by atoms with Gasteiger partial charge in [0, 0.05) is 0 Å². The Morgan fingerprint density at radius 1 is 0.962 bits per heavy atom. The van der Waals surface area contributed by atoms with E-state index in [1.54, 1.807) is 0 Å². The Balaban J connectivity index is 1.05. The molecule has 0 N–H and O–H groups in total. The monoisotopic (exact) mass is 422 g/mol. The fraction of sp³-hybridized carbons (Fsp3) is 0.889. The fourth-order valence-corrected chi connectivity index (χ4v) is 93.9. The van der Waals surface area contributed by atoms with Gasteiger partial charge < -0.3 is 0 Å². The van der Waals surface area contributed by atoms with Crippen molar-refractivity contribution in [3.05, 3.63) is 0 Å². The number of methoxy groups -OCH3 is 1. The first-order chi connectivity index (χ1) is 12.2. The van der Waals surface area contributed by atoms with Gasteiger partial charge in [-0.05, 0) is 0 Å². The van der Waals surface area contributed by atoms with Gasteiger partial charge in [0.05, 0.1) is 0 Å². The second kappa shape index (κ2) is 1.47. The van der Waals surface area contributed by atoms with E-state index < -0.39 is 25.7 Å². The molecule has 0 amide bonds. The SMILES string of the molecule is COC(=O)C(CCC(=O)[C]12[CH]3[CH]4[CH]5[CH]1[Fe]45321678[CH]2[CH]1[CH]6[CH]7[CH]28)P(=O)(OC)OC. The molecule has 10 saturated heterocycles. The maximum atomic E-state index is 13.6.